The highest BCUT2D eigenvalue weighted by Gasteiger charge is 2.34. The summed E-state index contributed by atoms with van der Waals surface area (Å²) in [6, 6.07) is 0.337. The second kappa shape index (κ2) is 5.55. The minimum atomic E-state index is -0.166. The van der Waals surface area contributed by atoms with E-state index in [4.69, 9.17) is 0 Å². The van der Waals surface area contributed by atoms with Crippen molar-refractivity contribution in [1.29, 1.82) is 0 Å². The van der Waals surface area contributed by atoms with Crippen LogP contribution in [0, 0.1) is 5.41 Å². The van der Waals surface area contributed by atoms with Gasteiger partial charge >= 0.3 is 0 Å². The summed E-state index contributed by atoms with van der Waals surface area (Å²) in [6.45, 7) is 2.90. The predicted octanol–water partition coefficient (Wildman–Crippen LogP) is 1.52. The average molecular weight is 250 g/mol. The van der Waals surface area contributed by atoms with Gasteiger partial charge in [-0.2, -0.15) is 0 Å². The number of nitrogens with one attached hydrogen (secondary N) is 2. The van der Waals surface area contributed by atoms with E-state index in [-0.39, 0.29) is 11.8 Å². The van der Waals surface area contributed by atoms with Crippen LogP contribution in [0.1, 0.15) is 45.4 Å². The van der Waals surface area contributed by atoms with E-state index in [1.807, 2.05) is 0 Å². The SMILES string of the molecule is CCC1(CNC(=O)/C=C/C(=O)NC2CC2)CCC1. The van der Waals surface area contributed by atoms with Gasteiger partial charge in [0.2, 0.25) is 11.8 Å². The lowest BCUT2D eigenvalue weighted by Crippen LogP contribution is -2.41. The van der Waals surface area contributed by atoms with E-state index in [1.165, 1.54) is 31.4 Å². The van der Waals surface area contributed by atoms with E-state index in [9.17, 15) is 9.59 Å². The summed E-state index contributed by atoms with van der Waals surface area (Å²) in [6.07, 6.45) is 9.57. The first kappa shape index (κ1) is 13.1. The third kappa shape index (κ3) is 3.59. The Labute approximate surface area is 108 Å². The molecule has 0 atom stereocenters. The predicted molar refractivity (Wildman–Crippen MR) is 69.9 cm³/mol. The molecule has 0 saturated heterocycles. The van der Waals surface area contributed by atoms with Gasteiger partial charge < -0.3 is 10.6 Å². The van der Waals surface area contributed by atoms with Crippen molar-refractivity contribution in [3.05, 3.63) is 12.2 Å². The van der Waals surface area contributed by atoms with Crippen LogP contribution in [0.15, 0.2) is 12.2 Å². The third-order valence-electron chi connectivity index (χ3n) is 4.11. The highest BCUT2D eigenvalue weighted by molar-refractivity contribution is 5.96. The molecule has 18 heavy (non-hydrogen) atoms. The third-order valence-corrected chi connectivity index (χ3v) is 4.11. The van der Waals surface area contributed by atoms with Gasteiger partial charge in [-0.15, -0.1) is 0 Å². The standard InChI is InChI=1S/C14H22N2O2/c1-2-14(8-3-9-14)10-15-12(17)6-7-13(18)16-11-4-5-11/h6-7,11H,2-5,8-10H2,1H3,(H,15,17)(H,16,18)/b7-6+. The molecule has 4 nitrogen and oxygen atoms in total. The molecular formula is C14H22N2O2. The van der Waals surface area contributed by atoms with Crippen LogP contribution in [0.4, 0.5) is 0 Å². The van der Waals surface area contributed by atoms with Crippen molar-refractivity contribution in [3.8, 4) is 0 Å². The fourth-order valence-electron chi connectivity index (χ4n) is 2.29. The van der Waals surface area contributed by atoms with Crippen molar-refractivity contribution in [3.63, 3.8) is 0 Å². The maximum absolute atomic E-state index is 11.6. The lowest BCUT2D eigenvalue weighted by Gasteiger charge is -2.41. The molecule has 2 amide bonds. The first-order valence-corrected chi connectivity index (χ1v) is 6.90. The van der Waals surface area contributed by atoms with Gasteiger partial charge in [-0.1, -0.05) is 13.3 Å². The van der Waals surface area contributed by atoms with E-state index in [0.717, 1.165) is 25.8 Å². The van der Waals surface area contributed by atoms with Crippen LogP contribution in [0.3, 0.4) is 0 Å². The molecule has 2 saturated carbocycles. The highest BCUT2D eigenvalue weighted by Crippen LogP contribution is 2.42. The molecule has 0 unspecified atom stereocenters. The topological polar surface area (TPSA) is 58.2 Å². The van der Waals surface area contributed by atoms with Crippen LogP contribution in [-0.4, -0.2) is 24.4 Å². The molecule has 0 heterocycles. The van der Waals surface area contributed by atoms with Crippen molar-refractivity contribution < 1.29 is 9.59 Å². The van der Waals surface area contributed by atoms with Gasteiger partial charge in [-0.25, -0.2) is 0 Å². The molecule has 0 bridgehead atoms. The average Bonchev–Trinajstić information content (AvgIpc) is 3.09. The molecule has 0 spiro atoms. The maximum atomic E-state index is 11.6. The van der Waals surface area contributed by atoms with E-state index in [1.54, 1.807) is 0 Å². The zero-order valence-electron chi connectivity index (χ0n) is 11.0. The van der Waals surface area contributed by atoms with Crippen LogP contribution < -0.4 is 10.6 Å². The molecular weight excluding hydrogens is 228 g/mol. The fourth-order valence-corrected chi connectivity index (χ4v) is 2.29. The van der Waals surface area contributed by atoms with Crippen molar-refractivity contribution in [2.75, 3.05) is 6.54 Å². The van der Waals surface area contributed by atoms with Crippen molar-refractivity contribution in [1.82, 2.24) is 10.6 Å². The van der Waals surface area contributed by atoms with Gasteiger partial charge in [0, 0.05) is 24.7 Å². The van der Waals surface area contributed by atoms with Gasteiger partial charge in [-0.3, -0.25) is 9.59 Å². The van der Waals surface area contributed by atoms with Crippen LogP contribution in [-0.2, 0) is 9.59 Å². The summed E-state index contributed by atoms with van der Waals surface area (Å²) >= 11 is 0. The van der Waals surface area contributed by atoms with E-state index in [2.05, 4.69) is 17.6 Å². The largest absolute Gasteiger partial charge is 0.352 e. The molecule has 0 aromatic heterocycles. The van der Waals surface area contributed by atoms with E-state index < -0.39 is 0 Å². The summed E-state index contributed by atoms with van der Waals surface area (Å²) in [7, 11) is 0. The second-order valence-corrected chi connectivity index (χ2v) is 5.54. The first-order chi connectivity index (χ1) is 8.63. The Morgan fingerprint density at radius 2 is 1.89 bits per heavy atom. The number of amides is 2. The van der Waals surface area contributed by atoms with Crippen LogP contribution in [0.5, 0.6) is 0 Å². The van der Waals surface area contributed by atoms with E-state index >= 15 is 0 Å². The van der Waals surface area contributed by atoms with Gasteiger partial charge in [0.15, 0.2) is 0 Å². The Bertz CT molecular complexity index is 349. The minimum absolute atomic E-state index is 0.165. The van der Waals surface area contributed by atoms with Crippen molar-refractivity contribution in [2.24, 2.45) is 5.41 Å². The Kier molecular flexibility index (Phi) is 4.04. The lowest BCUT2D eigenvalue weighted by molar-refractivity contribution is -0.119. The van der Waals surface area contributed by atoms with Crippen molar-refractivity contribution in [2.45, 2.75) is 51.5 Å². The number of rotatable bonds is 6. The molecule has 2 fully saturated rings. The molecule has 2 N–H and O–H groups in total. The Morgan fingerprint density at radius 1 is 1.22 bits per heavy atom. The normalized spacial score (nSPS) is 21.4. The lowest BCUT2D eigenvalue weighted by atomic mass is 9.67. The summed E-state index contributed by atoms with van der Waals surface area (Å²) in [5, 5.41) is 5.70. The zero-order valence-corrected chi connectivity index (χ0v) is 11.0. The van der Waals surface area contributed by atoms with Crippen molar-refractivity contribution >= 4 is 11.8 Å². The Balaban J connectivity index is 1.67. The quantitative estimate of drug-likeness (QED) is 0.702. The molecule has 100 valence electrons. The molecule has 0 aromatic rings. The van der Waals surface area contributed by atoms with Gasteiger partial charge in [0.25, 0.3) is 0 Å². The monoisotopic (exact) mass is 250 g/mol. The second-order valence-electron chi connectivity index (χ2n) is 5.54. The summed E-state index contributed by atoms with van der Waals surface area (Å²) < 4.78 is 0. The number of carbonyl (C=O) groups is 2. The molecule has 0 radical (unpaired) electrons. The Hall–Kier alpha value is -1.32. The molecule has 0 aliphatic heterocycles. The fraction of sp³-hybridized carbons (Fsp3) is 0.714. The molecule has 2 aliphatic rings. The van der Waals surface area contributed by atoms with Crippen LogP contribution in [0.25, 0.3) is 0 Å². The summed E-state index contributed by atoms with van der Waals surface area (Å²) in [4.78, 5) is 22.9. The summed E-state index contributed by atoms with van der Waals surface area (Å²) in [5.41, 5.74) is 0.319. The first-order valence-electron chi connectivity index (χ1n) is 6.90. The molecule has 0 aromatic carbocycles. The number of hydrogen-bond donors (Lipinski definition) is 2. The van der Waals surface area contributed by atoms with Gasteiger partial charge in [-0.05, 0) is 37.5 Å². The van der Waals surface area contributed by atoms with E-state index in [0.29, 0.717) is 11.5 Å². The zero-order chi connectivity index (χ0) is 13.0. The van der Waals surface area contributed by atoms with Gasteiger partial charge in [0.1, 0.15) is 0 Å². The minimum Gasteiger partial charge on any atom is -0.352 e. The van der Waals surface area contributed by atoms with Gasteiger partial charge in [0.05, 0.1) is 0 Å². The number of hydrogen-bond acceptors (Lipinski definition) is 2. The number of carbonyl (C=O) groups excluding carboxylic acids is 2. The molecule has 4 heteroatoms. The molecule has 2 aliphatic carbocycles. The maximum Gasteiger partial charge on any atom is 0.244 e. The summed E-state index contributed by atoms with van der Waals surface area (Å²) in [5.74, 6) is -0.331. The smallest absolute Gasteiger partial charge is 0.244 e. The van der Waals surface area contributed by atoms with Crippen LogP contribution in [0.2, 0.25) is 0 Å². The van der Waals surface area contributed by atoms with Crippen LogP contribution >= 0.6 is 0 Å². The Morgan fingerprint density at radius 3 is 2.39 bits per heavy atom. The highest BCUT2D eigenvalue weighted by atomic mass is 16.2. The molecule has 2 rings (SSSR count).